The highest BCUT2D eigenvalue weighted by Gasteiger charge is 2.18. The van der Waals surface area contributed by atoms with Crippen molar-refractivity contribution in [2.24, 2.45) is 17.3 Å². The van der Waals surface area contributed by atoms with Gasteiger partial charge in [0.1, 0.15) is 23.5 Å². The highest BCUT2D eigenvalue weighted by atomic mass is 35.5. The van der Waals surface area contributed by atoms with Gasteiger partial charge < -0.3 is 32.1 Å². The number of thiazole rings is 1. The molecule has 0 bridgehead atoms. The fraction of sp³-hybridized carbons (Fsp3) is 0.375. The van der Waals surface area contributed by atoms with Gasteiger partial charge in [-0.25, -0.2) is 4.57 Å². The van der Waals surface area contributed by atoms with Crippen LogP contribution in [0.1, 0.15) is 27.7 Å². The standard InChI is InChI=1S/C24H29N5O4S.ClH/c1-6-29(15-23(31)33-8-3)17-9-11-19(20(13-17)25-16(4)30)26-27-24-28(5)21-12-10-18(32-7-2)14-22(21)34-24;/h9-14H,6-8,15H2,1-5H3;1H. The first kappa shape index (κ1) is 28.0. The Labute approximate surface area is 215 Å². The smallest absolute Gasteiger partial charge is 0.409 e. The van der Waals surface area contributed by atoms with Gasteiger partial charge in [-0.1, -0.05) is 0 Å². The Kier molecular flexibility index (Phi) is 10.4. The van der Waals surface area contributed by atoms with Crippen LogP contribution in [0.25, 0.3) is 10.2 Å². The number of carbonyl (C=O) groups excluding carboxylic acids is 2. The van der Waals surface area contributed by atoms with Crippen molar-refractivity contribution in [3.05, 3.63) is 36.4 Å². The average molecular weight is 520 g/mol. The Morgan fingerprint density at radius 2 is 1.86 bits per heavy atom. The van der Waals surface area contributed by atoms with E-state index in [1.807, 2.05) is 54.6 Å². The van der Waals surface area contributed by atoms with Crippen molar-refractivity contribution in [3.8, 4) is 5.75 Å². The number of aromatic nitrogens is 1. The Bertz CT molecular complexity index is 1210. The average Bonchev–Trinajstić information content (AvgIpc) is 3.11. The molecular formula is C24H30ClN5O4S. The summed E-state index contributed by atoms with van der Waals surface area (Å²) < 4.78 is 13.7. The minimum atomic E-state index is -0.307. The van der Waals surface area contributed by atoms with Gasteiger partial charge in [-0.15, -0.1) is 0 Å². The maximum atomic E-state index is 12.0. The normalized spacial score (nSPS) is 10.8. The minimum absolute atomic E-state index is 0. The summed E-state index contributed by atoms with van der Waals surface area (Å²) in [5, 5.41) is 12.4. The van der Waals surface area contributed by atoms with Gasteiger partial charge in [0, 0.05) is 25.2 Å². The molecule has 11 heteroatoms. The molecule has 1 heterocycles. The molecule has 1 amide bonds. The van der Waals surface area contributed by atoms with Gasteiger partial charge in [0.2, 0.25) is 5.91 Å². The highest BCUT2D eigenvalue weighted by molar-refractivity contribution is 7.21. The number of carbonyl (C=O) groups is 2. The molecule has 1 N–H and O–H groups in total. The van der Waals surface area contributed by atoms with Crippen molar-refractivity contribution in [2.45, 2.75) is 27.7 Å². The van der Waals surface area contributed by atoms with E-state index in [1.165, 1.54) is 18.3 Å². The Balaban J connectivity index is 0.00000432. The van der Waals surface area contributed by atoms with Crippen LogP contribution >= 0.6 is 11.3 Å². The maximum absolute atomic E-state index is 12.0. The van der Waals surface area contributed by atoms with E-state index in [4.69, 9.17) is 9.47 Å². The second kappa shape index (κ2) is 13.0. The van der Waals surface area contributed by atoms with E-state index in [-0.39, 0.29) is 30.8 Å². The number of nitrogens with zero attached hydrogens (tertiary/aromatic N) is 4. The maximum Gasteiger partial charge on any atom is 0.409 e. The number of ether oxygens (including phenoxy) is 2. The fourth-order valence-electron chi connectivity index (χ4n) is 3.41. The van der Waals surface area contributed by atoms with E-state index >= 15 is 0 Å². The highest BCUT2D eigenvalue weighted by Crippen LogP contribution is 2.34. The fourth-order valence-corrected chi connectivity index (χ4v) is 4.41. The molecule has 0 radical (unpaired) electrons. The number of anilines is 2. The van der Waals surface area contributed by atoms with Crippen molar-refractivity contribution < 1.29 is 36.0 Å². The number of nitrogens with one attached hydrogen (secondary N) is 1. The lowest BCUT2D eigenvalue weighted by atomic mass is 10.2. The third kappa shape index (κ3) is 7.12. The van der Waals surface area contributed by atoms with Crippen LogP contribution in [0.5, 0.6) is 5.75 Å². The summed E-state index contributed by atoms with van der Waals surface area (Å²) in [7, 11) is 1.93. The SMILES string of the molecule is CCOC(=O)CN(CC)c1ccc(N=Nc2sc3cc(OCC)ccc3[n+]2C)c(NC(C)=O)c1.[Cl-]. The van der Waals surface area contributed by atoms with Gasteiger partial charge >= 0.3 is 11.1 Å². The van der Waals surface area contributed by atoms with Gasteiger partial charge in [-0.05, 0) is 67.6 Å². The Hall–Kier alpha value is -3.24. The molecular weight excluding hydrogens is 490 g/mol. The number of hydrogen-bond acceptors (Lipinski definition) is 8. The number of halogens is 1. The molecule has 9 nitrogen and oxygen atoms in total. The summed E-state index contributed by atoms with van der Waals surface area (Å²) in [4.78, 5) is 25.7. The van der Waals surface area contributed by atoms with Crippen molar-refractivity contribution >= 4 is 55.6 Å². The molecule has 0 aliphatic heterocycles. The molecule has 0 aliphatic carbocycles. The lowest BCUT2D eigenvalue weighted by molar-refractivity contribution is -0.627. The zero-order valence-electron chi connectivity index (χ0n) is 20.5. The third-order valence-electron chi connectivity index (χ3n) is 5.00. The van der Waals surface area contributed by atoms with Crippen LogP contribution in [-0.2, 0) is 21.4 Å². The molecule has 0 unspecified atom stereocenters. The van der Waals surface area contributed by atoms with E-state index < -0.39 is 0 Å². The lowest BCUT2D eigenvalue weighted by Crippen LogP contribution is -3.00. The minimum Gasteiger partial charge on any atom is -1.00 e. The largest absolute Gasteiger partial charge is 1.00 e. The molecule has 0 aliphatic rings. The van der Waals surface area contributed by atoms with Crippen LogP contribution < -0.4 is 31.9 Å². The molecule has 0 fully saturated rings. The van der Waals surface area contributed by atoms with Gasteiger partial charge in [0.15, 0.2) is 0 Å². The summed E-state index contributed by atoms with van der Waals surface area (Å²) in [6.07, 6.45) is 0. The first-order valence-electron chi connectivity index (χ1n) is 11.2. The number of hydrogen-bond donors (Lipinski definition) is 1. The first-order valence-corrected chi connectivity index (χ1v) is 12.0. The summed E-state index contributed by atoms with van der Waals surface area (Å²) in [6.45, 7) is 8.76. The molecule has 0 spiro atoms. The number of amides is 1. The topological polar surface area (TPSA) is 96.5 Å². The second-order valence-corrected chi connectivity index (χ2v) is 8.42. The van der Waals surface area contributed by atoms with Crippen LogP contribution in [0.4, 0.5) is 22.2 Å². The molecule has 2 aromatic carbocycles. The zero-order chi connectivity index (χ0) is 24.7. The summed E-state index contributed by atoms with van der Waals surface area (Å²) in [5.41, 5.74) is 2.82. The first-order chi connectivity index (χ1) is 16.4. The molecule has 0 saturated heterocycles. The van der Waals surface area contributed by atoms with Crippen molar-refractivity contribution in [1.82, 2.24) is 0 Å². The Morgan fingerprint density at radius 1 is 1.09 bits per heavy atom. The van der Waals surface area contributed by atoms with E-state index in [0.717, 1.165) is 21.7 Å². The number of esters is 1. The number of aryl methyl sites for hydroxylation is 1. The predicted molar refractivity (Wildman–Crippen MR) is 134 cm³/mol. The van der Waals surface area contributed by atoms with Gasteiger partial charge in [0.25, 0.3) is 0 Å². The summed E-state index contributed by atoms with van der Waals surface area (Å²) >= 11 is 1.50. The molecule has 188 valence electrons. The molecule has 3 rings (SSSR count). The summed E-state index contributed by atoms with van der Waals surface area (Å²) in [5.74, 6) is 0.282. The van der Waals surface area contributed by atoms with Crippen LogP contribution in [0.2, 0.25) is 0 Å². The summed E-state index contributed by atoms with van der Waals surface area (Å²) in [6, 6.07) is 11.3. The van der Waals surface area contributed by atoms with Crippen LogP contribution in [0, 0.1) is 0 Å². The predicted octanol–water partition coefficient (Wildman–Crippen LogP) is 1.89. The van der Waals surface area contributed by atoms with Gasteiger partial charge in [0.05, 0.1) is 35.8 Å². The molecule has 0 atom stereocenters. The van der Waals surface area contributed by atoms with E-state index in [1.54, 1.807) is 19.1 Å². The van der Waals surface area contributed by atoms with Crippen molar-refractivity contribution in [1.29, 1.82) is 0 Å². The van der Waals surface area contributed by atoms with Crippen molar-refractivity contribution in [2.75, 3.05) is 36.5 Å². The van der Waals surface area contributed by atoms with Crippen LogP contribution in [-0.4, -0.2) is 38.2 Å². The van der Waals surface area contributed by atoms with Crippen molar-refractivity contribution in [3.63, 3.8) is 0 Å². The molecule has 35 heavy (non-hydrogen) atoms. The van der Waals surface area contributed by atoms with Gasteiger partial charge in [-0.2, -0.15) is 0 Å². The van der Waals surface area contributed by atoms with Crippen LogP contribution in [0.3, 0.4) is 0 Å². The number of fused-ring (bicyclic) bond motifs is 1. The van der Waals surface area contributed by atoms with Gasteiger partial charge in [-0.3, -0.25) is 9.59 Å². The molecule has 0 saturated carbocycles. The monoisotopic (exact) mass is 519 g/mol. The lowest BCUT2D eigenvalue weighted by Gasteiger charge is -2.22. The van der Waals surface area contributed by atoms with E-state index in [2.05, 4.69) is 15.5 Å². The number of rotatable bonds is 10. The Morgan fingerprint density at radius 3 is 2.51 bits per heavy atom. The quantitative estimate of drug-likeness (QED) is 0.251. The molecule has 1 aromatic heterocycles. The second-order valence-electron chi connectivity index (χ2n) is 7.41. The number of benzene rings is 2. The third-order valence-corrected chi connectivity index (χ3v) is 6.08. The van der Waals surface area contributed by atoms with Crippen LogP contribution in [0.15, 0.2) is 46.6 Å². The van der Waals surface area contributed by atoms with E-state index in [0.29, 0.717) is 36.3 Å². The number of azo groups is 1. The zero-order valence-corrected chi connectivity index (χ0v) is 22.1. The molecule has 3 aromatic rings. The van der Waals surface area contributed by atoms with E-state index in [9.17, 15) is 9.59 Å². The number of likely N-dealkylation sites (N-methyl/N-ethyl adjacent to an activating group) is 1.